The molecule has 1 aliphatic rings. The highest BCUT2D eigenvalue weighted by atomic mass is 32.1. The molecular weight excluding hydrogens is 354 g/mol. The first-order valence-corrected chi connectivity index (χ1v) is 9.83. The van der Waals surface area contributed by atoms with Crippen molar-refractivity contribution in [1.82, 2.24) is 5.32 Å². The average Bonchev–Trinajstić information content (AvgIpc) is 3.06. The third kappa shape index (κ3) is 5.06. The predicted octanol–water partition coefficient (Wildman–Crippen LogP) is 2.73. The van der Waals surface area contributed by atoms with Crippen LogP contribution in [0.25, 0.3) is 0 Å². The Kier molecular flexibility index (Phi) is 7.20. The number of carbonyl (C=O) groups excluding carboxylic acids is 3. The number of hydrogen-bond donors (Lipinski definition) is 1. The van der Waals surface area contributed by atoms with Gasteiger partial charge >= 0.3 is 11.9 Å². The highest BCUT2D eigenvalue weighted by Crippen LogP contribution is 2.32. The van der Waals surface area contributed by atoms with Crippen LogP contribution in [0.3, 0.4) is 0 Å². The van der Waals surface area contributed by atoms with E-state index in [2.05, 4.69) is 12.2 Å². The molecule has 0 saturated carbocycles. The van der Waals surface area contributed by atoms with E-state index in [1.54, 1.807) is 0 Å². The SMILES string of the molecule is CC[C@H](C)[C@@H](NC(=O)COC(=O)c1cc2c(s1)CC[C@H](C)C2)C(=O)OC. The first-order chi connectivity index (χ1) is 12.3. The van der Waals surface area contributed by atoms with Crippen molar-refractivity contribution in [3.05, 3.63) is 21.4 Å². The fourth-order valence-corrected chi connectivity index (χ4v) is 4.12. The molecule has 0 bridgehead atoms. The second-order valence-corrected chi connectivity index (χ2v) is 8.07. The summed E-state index contributed by atoms with van der Waals surface area (Å²) in [5, 5.41) is 2.59. The third-order valence-electron chi connectivity index (χ3n) is 4.85. The van der Waals surface area contributed by atoms with E-state index in [4.69, 9.17) is 9.47 Å². The molecule has 0 spiro atoms. The van der Waals surface area contributed by atoms with E-state index in [0.29, 0.717) is 17.2 Å². The molecule has 7 heteroatoms. The summed E-state index contributed by atoms with van der Waals surface area (Å²) < 4.78 is 9.86. The van der Waals surface area contributed by atoms with Gasteiger partial charge in [0.1, 0.15) is 10.9 Å². The Hall–Kier alpha value is -1.89. The minimum atomic E-state index is -0.744. The van der Waals surface area contributed by atoms with Crippen molar-refractivity contribution in [3.63, 3.8) is 0 Å². The number of ether oxygens (including phenoxy) is 2. The number of aryl methyl sites for hydroxylation is 1. The first-order valence-electron chi connectivity index (χ1n) is 9.01. The number of carbonyl (C=O) groups is 3. The Labute approximate surface area is 158 Å². The minimum Gasteiger partial charge on any atom is -0.467 e. The van der Waals surface area contributed by atoms with Gasteiger partial charge in [-0.2, -0.15) is 0 Å². The van der Waals surface area contributed by atoms with Gasteiger partial charge in [-0.25, -0.2) is 9.59 Å². The van der Waals surface area contributed by atoms with Crippen LogP contribution in [0.2, 0.25) is 0 Å². The van der Waals surface area contributed by atoms with E-state index in [1.807, 2.05) is 19.9 Å². The van der Waals surface area contributed by atoms with Gasteiger partial charge in [-0.3, -0.25) is 4.79 Å². The normalized spacial score (nSPS) is 18.4. The summed E-state index contributed by atoms with van der Waals surface area (Å²) in [5.74, 6) is -0.955. The predicted molar refractivity (Wildman–Crippen MR) is 99.2 cm³/mol. The van der Waals surface area contributed by atoms with Crippen molar-refractivity contribution in [3.8, 4) is 0 Å². The van der Waals surface area contributed by atoms with Gasteiger partial charge in [-0.05, 0) is 42.7 Å². The van der Waals surface area contributed by atoms with Gasteiger partial charge in [-0.1, -0.05) is 27.2 Å². The topological polar surface area (TPSA) is 81.7 Å². The first kappa shape index (κ1) is 20.4. The van der Waals surface area contributed by atoms with E-state index >= 15 is 0 Å². The quantitative estimate of drug-likeness (QED) is 0.735. The van der Waals surface area contributed by atoms with Crippen LogP contribution in [0.1, 0.15) is 53.7 Å². The fourth-order valence-electron chi connectivity index (χ4n) is 3.02. The van der Waals surface area contributed by atoms with E-state index in [0.717, 1.165) is 19.3 Å². The number of amides is 1. The highest BCUT2D eigenvalue weighted by molar-refractivity contribution is 7.14. The molecule has 0 fully saturated rings. The molecule has 0 aliphatic heterocycles. The van der Waals surface area contributed by atoms with Gasteiger partial charge < -0.3 is 14.8 Å². The molecule has 1 aliphatic carbocycles. The summed E-state index contributed by atoms with van der Waals surface area (Å²) in [6.45, 7) is 5.57. The smallest absolute Gasteiger partial charge is 0.348 e. The number of esters is 2. The fraction of sp³-hybridized carbons (Fsp3) is 0.632. The zero-order chi connectivity index (χ0) is 19.3. The van der Waals surface area contributed by atoms with E-state index in [1.165, 1.54) is 28.9 Å². The van der Waals surface area contributed by atoms with Crippen molar-refractivity contribution in [1.29, 1.82) is 0 Å². The molecule has 1 aromatic heterocycles. The molecule has 26 heavy (non-hydrogen) atoms. The molecule has 0 aromatic carbocycles. The number of methoxy groups -OCH3 is 1. The molecular formula is C19H27NO5S. The monoisotopic (exact) mass is 381 g/mol. The van der Waals surface area contributed by atoms with Gasteiger partial charge in [0.2, 0.25) is 0 Å². The van der Waals surface area contributed by atoms with E-state index in [-0.39, 0.29) is 5.92 Å². The van der Waals surface area contributed by atoms with Crippen molar-refractivity contribution in [2.24, 2.45) is 11.8 Å². The Morgan fingerprint density at radius 3 is 2.77 bits per heavy atom. The summed E-state index contributed by atoms with van der Waals surface area (Å²) in [6.07, 6.45) is 3.81. The van der Waals surface area contributed by atoms with E-state index in [9.17, 15) is 14.4 Å². The zero-order valence-electron chi connectivity index (χ0n) is 15.8. The lowest BCUT2D eigenvalue weighted by atomic mass is 9.90. The number of fused-ring (bicyclic) bond motifs is 1. The Morgan fingerprint density at radius 1 is 1.38 bits per heavy atom. The molecule has 6 nitrogen and oxygen atoms in total. The summed E-state index contributed by atoms with van der Waals surface area (Å²) in [7, 11) is 1.28. The summed E-state index contributed by atoms with van der Waals surface area (Å²) in [4.78, 5) is 37.9. The van der Waals surface area contributed by atoms with Gasteiger partial charge in [0.05, 0.1) is 7.11 Å². The van der Waals surface area contributed by atoms with Crippen LogP contribution in [0.15, 0.2) is 6.07 Å². The van der Waals surface area contributed by atoms with Crippen LogP contribution in [0, 0.1) is 11.8 Å². The third-order valence-corrected chi connectivity index (χ3v) is 6.07. The molecule has 3 atom stereocenters. The lowest BCUT2D eigenvalue weighted by Crippen LogP contribution is -2.47. The van der Waals surface area contributed by atoms with Crippen molar-refractivity contribution in [2.75, 3.05) is 13.7 Å². The Balaban J connectivity index is 1.90. The van der Waals surface area contributed by atoms with Crippen molar-refractivity contribution >= 4 is 29.2 Å². The molecule has 0 radical (unpaired) electrons. The summed E-state index contributed by atoms with van der Waals surface area (Å²) in [6, 6.07) is 1.14. The van der Waals surface area contributed by atoms with Crippen LogP contribution in [-0.2, 0) is 31.9 Å². The minimum absolute atomic E-state index is 0.0758. The molecule has 1 heterocycles. The van der Waals surface area contributed by atoms with Gasteiger partial charge in [0.15, 0.2) is 6.61 Å². The van der Waals surface area contributed by atoms with Crippen LogP contribution < -0.4 is 5.32 Å². The van der Waals surface area contributed by atoms with Crippen LogP contribution in [0.5, 0.6) is 0 Å². The van der Waals surface area contributed by atoms with Crippen LogP contribution >= 0.6 is 11.3 Å². The maximum absolute atomic E-state index is 12.2. The zero-order valence-corrected chi connectivity index (χ0v) is 16.6. The average molecular weight is 381 g/mol. The standard InChI is InChI=1S/C19H27NO5S/c1-5-12(3)17(19(23)24-4)20-16(21)10-25-18(22)15-9-13-8-11(2)6-7-14(13)26-15/h9,11-12,17H,5-8,10H2,1-4H3,(H,20,21)/t11-,12-,17+/m0/s1. The molecule has 2 rings (SSSR count). The molecule has 0 saturated heterocycles. The molecule has 1 amide bonds. The number of nitrogens with one attached hydrogen (secondary N) is 1. The second kappa shape index (κ2) is 9.16. The van der Waals surface area contributed by atoms with Gasteiger partial charge in [0, 0.05) is 4.88 Å². The summed E-state index contributed by atoms with van der Waals surface area (Å²) in [5.41, 5.74) is 1.22. The van der Waals surface area contributed by atoms with Crippen LogP contribution in [-0.4, -0.2) is 37.6 Å². The van der Waals surface area contributed by atoms with Crippen LogP contribution in [0.4, 0.5) is 0 Å². The number of thiophene rings is 1. The maximum Gasteiger partial charge on any atom is 0.348 e. The maximum atomic E-state index is 12.2. The molecule has 144 valence electrons. The Bertz CT molecular complexity index is 669. The largest absolute Gasteiger partial charge is 0.467 e. The molecule has 1 N–H and O–H groups in total. The van der Waals surface area contributed by atoms with Crippen molar-refractivity contribution in [2.45, 2.75) is 52.5 Å². The van der Waals surface area contributed by atoms with E-state index < -0.39 is 30.5 Å². The van der Waals surface area contributed by atoms with Gasteiger partial charge in [-0.15, -0.1) is 11.3 Å². The molecule has 0 unspecified atom stereocenters. The second-order valence-electron chi connectivity index (χ2n) is 6.94. The lowest BCUT2D eigenvalue weighted by molar-refractivity contribution is -0.147. The van der Waals surface area contributed by atoms with Crippen molar-refractivity contribution < 1.29 is 23.9 Å². The number of rotatable bonds is 7. The number of hydrogen-bond acceptors (Lipinski definition) is 6. The lowest BCUT2D eigenvalue weighted by Gasteiger charge is -2.21. The highest BCUT2D eigenvalue weighted by Gasteiger charge is 2.27. The Morgan fingerprint density at radius 2 is 2.12 bits per heavy atom. The summed E-state index contributed by atoms with van der Waals surface area (Å²) >= 11 is 1.45. The van der Waals surface area contributed by atoms with Gasteiger partial charge in [0.25, 0.3) is 5.91 Å². The molecule has 1 aromatic rings.